The molecule has 0 heterocycles. The number of carbonyl (C=O) groups excluding carboxylic acids is 1. The van der Waals surface area contributed by atoms with E-state index in [1.165, 1.54) is 31.2 Å². The van der Waals surface area contributed by atoms with Crippen LogP contribution in [0.2, 0.25) is 5.02 Å². The highest BCUT2D eigenvalue weighted by Crippen LogP contribution is 2.42. The molecule has 2 aliphatic rings. The van der Waals surface area contributed by atoms with Crippen LogP contribution in [0.15, 0.2) is 24.3 Å². The monoisotopic (exact) mass is 394 g/mol. The van der Waals surface area contributed by atoms with Gasteiger partial charge in [-0.3, -0.25) is 9.10 Å². The van der Waals surface area contributed by atoms with Crippen molar-refractivity contribution >= 4 is 29.5 Å². The van der Waals surface area contributed by atoms with Crippen LogP contribution in [0, 0.1) is 5.92 Å². The normalized spacial score (nSPS) is 19.4. The molecule has 0 spiro atoms. The smallest absolute Gasteiger partial charge is 0.220 e. The number of nitrogens with zero attached hydrogens (tertiary/aromatic N) is 2. The molecule has 0 radical (unpaired) electrons. The van der Waals surface area contributed by atoms with Crippen LogP contribution < -0.4 is 0 Å². The molecule has 0 saturated heterocycles. The number of hydrogen-bond donors (Lipinski definition) is 0. The maximum Gasteiger partial charge on any atom is 0.220 e. The first-order valence-electron chi connectivity index (χ1n) is 9.91. The molecular formula is C21H31ClN2OS. The number of benzene rings is 1. The third-order valence-corrected chi connectivity index (χ3v) is 6.87. The largest absolute Gasteiger partial charge is 0.331 e. The van der Waals surface area contributed by atoms with E-state index in [-0.39, 0.29) is 11.9 Å². The first-order valence-corrected chi connectivity index (χ1v) is 11.1. The molecular weight excluding hydrogens is 364 g/mol. The summed E-state index contributed by atoms with van der Waals surface area (Å²) in [5.74, 6) is 0.841. The lowest BCUT2D eigenvalue weighted by Crippen LogP contribution is -2.47. The topological polar surface area (TPSA) is 23.6 Å². The van der Waals surface area contributed by atoms with E-state index in [0.717, 1.165) is 29.7 Å². The highest BCUT2D eigenvalue weighted by Gasteiger charge is 2.40. The molecule has 0 N–H and O–H groups in total. The zero-order valence-electron chi connectivity index (χ0n) is 16.2. The number of likely N-dealkylation sites (N-methyl/N-ethyl adjacent to an activating group) is 1. The second-order valence-electron chi connectivity index (χ2n) is 7.80. The van der Waals surface area contributed by atoms with Crippen LogP contribution in [0.4, 0.5) is 0 Å². The van der Waals surface area contributed by atoms with Crippen molar-refractivity contribution in [1.29, 1.82) is 0 Å². The quantitative estimate of drug-likeness (QED) is 0.486. The molecule has 2 saturated carbocycles. The van der Waals surface area contributed by atoms with E-state index in [9.17, 15) is 4.79 Å². The summed E-state index contributed by atoms with van der Waals surface area (Å²) in [7, 11) is 2.19. The Bertz CT molecular complexity index is 601. The van der Waals surface area contributed by atoms with Gasteiger partial charge in [0.2, 0.25) is 5.91 Å². The average molecular weight is 395 g/mol. The lowest BCUT2D eigenvalue weighted by Gasteiger charge is -2.40. The minimum Gasteiger partial charge on any atom is -0.331 e. The second kappa shape index (κ2) is 8.99. The Hall–Kier alpha value is -0.710. The molecule has 3 rings (SSSR count). The standard InChI is InChI=1S/C21H31ClN2OS/c1-4-5-20(16-8-10-18(22)11-9-16)24(15(2)25)21(17-6-7-17)14-23(3)26-19-12-13-19/h8-11,17,19-21H,4-7,12-14H2,1-3H3. The van der Waals surface area contributed by atoms with Crippen molar-refractivity contribution in [3.05, 3.63) is 34.9 Å². The predicted molar refractivity (Wildman–Crippen MR) is 111 cm³/mol. The Morgan fingerprint density at radius 3 is 2.38 bits per heavy atom. The number of hydrogen-bond acceptors (Lipinski definition) is 3. The summed E-state index contributed by atoms with van der Waals surface area (Å²) in [6, 6.07) is 8.50. The average Bonchev–Trinajstić information content (AvgIpc) is 3.48. The highest BCUT2D eigenvalue weighted by atomic mass is 35.5. The molecule has 0 bridgehead atoms. The van der Waals surface area contributed by atoms with Crippen LogP contribution >= 0.6 is 23.5 Å². The number of rotatable bonds is 10. The maximum absolute atomic E-state index is 12.8. The molecule has 1 aromatic rings. The Morgan fingerprint density at radius 1 is 1.23 bits per heavy atom. The first-order chi connectivity index (χ1) is 12.5. The van der Waals surface area contributed by atoms with Gasteiger partial charge in [0.15, 0.2) is 0 Å². The lowest BCUT2D eigenvalue weighted by atomic mass is 9.97. The van der Waals surface area contributed by atoms with Crippen LogP contribution in [0.3, 0.4) is 0 Å². The summed E-state index contributed by atoms with van der Waals surface area (Å²) in [5, 5.41) is 1.55. The molecule has 2 unspecified atom stereocenters. The molecule has 5 heteroatoms. The summed E-state index contributed by atoms with van der Waals surface area (Å²) in [6.07, 6.45) is 7.21. The van der Waals surface area contributed by atoms with Gasteiger partial charge in [0.1, 0.15) is 0 Å². The van der Waals surface area contributed by atoms with Crippen molar-refractivity contribution in [1.82, 2.24) is 9.21 Å². The van der Waals surface area contributed by atoms with E-state index in [1.807, 2.05) is 24.1 Å². The van der Waals surface area contributed by atoms with Gasteiger partial charge in [-0.15, -0.1) is 0 Å². The van der Waals surface area contributed by atoms with Gasteiger partial charge >= 0.3 is 0 Å². The van der Waals surface area contributed by atoms with Gasteiger partial charge in [-0.25, -0.2) is 0 Å². The summed E-state index contributed by atoms with van der Waals surface area (Å²) in [6.45, 7) is 4.89. The van der Waals surface area contributed by atoms with E-state index in [2.05, 4.69) is 35.3 Å². The molecule has 0 aromatic heterocycles. The van der Waals surface area contributed by atoms with Crippen molar-refractivity contribution in [2.45, 2.75) is 69.7 Å². The minimum absolute atomic E-state index is 0.139. The molecule has 2 atom stereocenters. The molecule has 1 aromatic carbocycles. The van der Waals surface area contributed by atoms with Crippen LogP contribution in [0.5, 0.6) is 0 Å². The summed E-state index contributed by atoms with van der Waals surface area (Å²) in [5.41, 5.74) is 1.20. The summed E-state index contributed by atoms with van der Waals surface area (Å²) in [4.78, 5) is 15.0. The van der Waals surface area contributed by atoms with E-state index >= 15 is 0 Å². The van der Waals surface area contributed by atoms with Gasteiger partial charge in [-0.05, 0) is 62.8 Å². The van der Waals surface area contributed by atoms with E-state index in [1.54, 1.807) is 6.92 Å². The van der Waals surface area contributed by atoms with Gasteiger partial charge in [0.25, 0.3) is 0 Å². The van der Waals surface area contributed by atoms with Crippen molar-refractivity contribution in [2.75, 3.05) is 13.6 Å². The Labute approximate surface area is 167 Å². The van der Waals surface area contributed by atoms with Gasteiger partial charge < -0.3 is 4.90 Å². The minimum atomic E-state index is 0.139. The molecule has 26 heavy (non-hydrogen) atoms. The molecule has 0 aliphatic heterocycles. The fourth-order valence-corrected chi connectivity index (χ4v) is 5.01. The van der Waals surface area contributed by atoms with Gasteiger partial charge in [-0.1, -0.05) is 49.0 Å². The van der Waals surface area contributed by atoms with Gasteiger partial charge in [-0.2, -0.15) is 0 Å². The fourth-order valence-electron chi connectivity index (χ4n) is 3.79. The van der Waals surface area contributed by atoms with Crippen molar-refractivity contribution in [2.24, 2.45) is 5.92 Å². The Balaban J connectivity index is 1.82. The van der Waals surface area contributed by atoms with Crippen LogP contribution in [-0.2, 0) is 4.79 Å². The van der Waals surface area contributed by atoms with Crippen LogP contribution in [-0.4, -0.2) is 40.0 Å². The van der Waals surface area contributed by atoms with Crippen molar-refractivity contribution in [3.63, 3.8) is 0 Å². The third-order valence-electron chi connectivity index (χ3n) is 5.34. The summed E-state index contributed by atoms with van der Waals surface area (Å²) >= 11 is 8.06. The second-order valence-corrected chi connectivity index (χ2v) is 9.74. The molecule has 1 amide bonds. The predicted octanol–water partition coefficient (Wildman–Crippen LogP) is 5.55. The van der Waals surface area contributed by atoms with E-state index in [4.69, 9.17) is 11.6 Å². The van der Waals surface area contributed by atoms with Gasteiger partial charge in [0, 0.05) is 29.8 Å². The zero-order chi connectivity index (χ0) is 18.7. The maximum atomic E-state index is 12.8. The SMILES string of the molecule is CCCC(c1ccc(Cl)cc1)N(C(C)=O)C(CN(C)SC1CC1)C1CC1. The van der Waals surface area contributed by atoms with Crippen LogP contribution in [0.1, 0.15) is 64.0 Å². The highest BCUT2D eigenvalue weighted by molar-refractivity contribution is 7.97. The first kappa shape index (κ1) is 20.0. The van der Waals surface area contributed by atoms with Gasteiger partial charge in [0.05, 0.1) is 6.04 Å². The molecule has 2 aliphatic carbocycles. The van der Waals surface area contributed by atoms with E-state index in [0.29, 0.717) is 12.0 Å². The Morgan fingerprint density at radius 2 is 1.88 bits per heavy atom. The third kappa shape index (κ3) is 5.40. The van der Waals surface area contributed by atoms with Crippen molar-refractivity contribution in [3.8, 4) is 0 Å². The van der Waals surface area contributed by atoms with Crippen LogP contribution in [0.25, 0.3) is 0 Å². The number of carbonyl (C=O) groups is 1. The summed E-state index contributed by atoms with van der Waals surface area (Å²) < 4.78 is 2.38. The van der Waals surface area contributed by atoms with Crippen molar-refractivity contribution < 1.29 is 4.79 Å². The fraction of sp³-hybridized carbons (Fsp3) is 0.667. The number of halogens is 1. The zero-order valence-corrected chi connectivity index (χ0v) is 17.7. The molecule has 144 valence electrons. The number of amides is 1. The lowest BCUT2D eigenvalue weighted by molar-refractivity contribution is -0.135. The molecule has 3 nitrogen and oxygen atoms in total. The Kier molecular flexibility index (Phi) is 6.92. The molecule has 2 fully saturated rings. The van der Waals surface area contributed by atoms with E-state index < -0.39 is 0 Å².